The third kappa shape index (κ3) is 4.86. The van der Waals surface area contributed by atoms with Gasteiger partial charge in [0.15, 0.2) is 5.69 Å². The Morgan fingerprint density at radius 1 is 1.10 bits per heavy atom. The van der Waals surface area contributed by atoms with Gasteiger partial charge >= 0.3 is 0 Å². The van der Waals surface area contributed by atoms with Crippen LogP contribution in [0.5, 0.6) is 0 Å². The first-order valence-electron chi connectivity index (χ1n) is 9.74. The highest BCUT2D eigenvalue weighted by atomic mass is 35.5. The molecular weight excluding hydrogens is 404 g/mol. The van der Waals surface area contributed by atoms with E-state index in [4.69, 9.17) is 11.6 Å². The highest BCUT2D eigenvalue weighted by Gasteiger charge is 2.17. The van der Waals surface area contributed by atoms with Crippen molar-refractivity contribution >= 4 is 34.2 Å². The van der Waals surface area contributed by atoms with E-state index in [1.54, 1.807) is 24.3 Å². The van der Waals surface area contributed by atoms with Crippen LogP contribution in [0.25, 0.3) is 10.8 Å². The molecule has 0 fully saturated rings. The summed E-state index contributed by atoms with van der Waals surface area (Å²) in [7, 11) is 0. The summed E-state index contributed by atoms with van der Waals surface area (Å²) in [6.45, 7) is 4.23. The van der Waals surface area contributed by atoms with Crippen molar-refractivity contribution in [2.24, 2.45) is 0 Å². The van der Waals surface area contributed by atoms with Crippen molar-refractivity contribution in [3.63, 3.8) is 0 Å². The number of aryl methyl sites for hydroxylation is 3. The number of nitrogens with one attached hydrogen (secondary N) is 2. The lowest BCUT2D eigenvalue weighted by molar-refractivity contribution is -0.121. The molecule has 0 bridgehead atoms. The van der Waals surface area contributed by atoms with Crippen LogP contribution in [-0.2, 0) is 17.8 Å². The van der Waals surface area contributed by atoms with Crippen LogP contribution in [0.15, 0.2) is 47.3 Å². The van der Waals surface area contributed by atoms with E-state index < -0.39 is 5.91 Å². The molecule has 8 heteroatoms. The van der Waals surface area contributed by atoms with Gasteiger partial charge in [-0.25, -0.2) is 4.68 Å². The lowest BCUT2D eigenvalue weighted by Crippen LogP contribution is -2.42. The van der Waals surface area contributed by atoms with Crippen LogP contribution in [0.4, 0.5) is 0 Å². The van der Waals surface area contributed by atoms with Crippen molar-refractivity contribution in [1.29, 1.82) is 0 Å². The molecule has 0 aliphatic rings. The van der Waals surface area contributed by atoms with Gasteiger partial charge in [0.2, 0.25) is 5.91 Å². The average Bonchev–Trinajstić information content (AvgIpc) is 2.75. The largest absolute Gasteiger partial charge is 0.290 e. The molecule has 1 aromatic heterocycles. The fourth-order valence-electron chi connectivity index (χ4n) is 3.06. The Labute approximate surface area is 179 Å². The fraction of sp³-hybridized carbons (Fsp3) is 0.273. The predicted molar refractivity (Wildman–Crippen MR) is 116 cm³/mol. The van der Waals surface area contributed by atoms with E-state index in [0.29, 0.717) is 35.2 Å². The average molecular weight is 427 g/mol. The Morgan fingerprint density at radius 2 is 1.83 bits per heavy atom. The van der Waals surface area contributed by atoms with Gasteiger partial charge in [-0.1, -0.05) is 48.9 Å². The van der Waals surface area contributed by atoms with Crippen molar-refractivity contribution in [3.8, 4) is 0 Å². The summed E-state index contributed by atoms with van der Waals surface area (Å²) in [6.07, 6.45) is 1.37. The molecule has 0 aliphatic heterocycles. The van der Waals surface area contributed by atoms with Crippen molar-refractivity contribution in [1.82, 2.24) is 20.6 Å². The topological polar surface area (TPSA) is 93.1 Å². The first kappa shape index (κ1) is 21.5. The van der Waals surface area contributed by atoms with Crippen LogP contribution >= 0.6 is 11.6 Å². The molecule has 3 rings (SSSR count). The molecule has 156 valence electrons. The number of benzene rings is 2. The van der Waals surface area contributed by atoms with E-state index >= 15 is 0 Å². The number of rotatable bonds is 6. The first-order chi connectivity index (χ1) is 14.4. The number of amides is 2. The minimum Gasteiger partial charge on any atom is -0.273 e. The lowest BCUT2D eigenvalue weighted by atomic mass is 10.1. The highest BCUT2D eigenvalue weighted by molar-refractivity contribution is 6.31. The van der Waals surface area contributed by atoms with Gasteiger partial charge in [-0.15, -0.1) is 0 Å². The van der Waals surface area contributed by atoms with Gasteiger partial charge in [-0.3, -0.25) is 25.2 Å². The Bertz CT molecular complexity index is 1160. The van der Waals surface area contributed by atoms with Gasteiger partial charge in [0.05, 0.1) is 5.39 Å². The Kier molecular flexibility index (Phi) is 6.84. The SMILES string of the molecule is CCCn1nc(C(=O)NNC(=O)CCc2ccc(C)c(Cl)c2)c2ccccc2c1=O. The maximum atomic E-state index is 12.7. The zero-order valence-corrected chi connectivity index (χ0v) is 17.6. The van der Waals surface area contributed by atoms with E-state index in [1.165, 1.54) is 4.68 Å². The normalized spacial score (nSPS) is 10.8. The number of hydrazine groups is 1. The molecule has 0 atom stereocenters. The molecular formula is C22H23ClN4O3. The number of halogens is 1. The fourth-order valence-corrected chi connectivity index (χ4v) is 3.27. The molecule has 3 aromatic rings. The Hall–Kier alpha value is -3.19. The molecule has 30 heavy (non-hydrogen) atoms. The summed E-state index contributed by atoms with van der Waals surface area (Å²) in [5.41, 5.74) is 6.55. The van der Waals surface area contributed by atoms with Gasteiger partial charge in [-0.2, -0.15) is 5.10 Å². The van der Waals surface area contributed by atoms with Crippen LogP contribution in [0, 0.1) is 6.92 Å². The molecule has 0 aliphatic carbocycles. The van der Waals surface area contributed by atoms with Crippen LogP contribution < -0.4 is 16.4 Å². The number of fused-ring (bicyclic) bond motifs is 1. The molecule has 0 saturated heterocycles. The lowest BCUT2D eigenvalue weighted by Gasteiger charge is -2.11. The second-order valence-electron chi connectivity index (χ2n) is 7.01. The molecule has 2 N–H and O–H groups in total. The van der Waals surface area contributed by atoms with E-state index in [1.807, 2.05) is 32.0 Å². The molecule has 0 unspecified atom stereocenters. The minimum atomic E-state index is -0.581. The maximum Gasteiger partial charge on any atom is 0.290 e. The number of carbonyl (C=O) groups is 2. The zero-order chi connectivity index (χ0) is 21.7. The molecule has 0 spiro atoms. The standard InChI is InChI=1S/C22H23ClN4O3/c1-3-12-27-22(30)17-7-5-4-6-16(17)20(26-27)21(29)25-24-19(28)11-10-15-9-8-14(2)18(23)13-15/h4-9,13H,3,10-12H2,1-2H3,(H,24,28)(H,25,29). The maximum absolute atomic E-state index is 12.7. The van der Waals surface area contributed by atoms with Crippen molar-refractivity contribution < 1.29 is 9.59 Å². The van der Waals surface area contributed by atoms with E-state index in [9.17, 15) is 14.4 Å². The highest BCUT2D eigenvalue weighted by Crippen LogP contribution is 2.17. The van der Waals surface area contributed by atoms with E-state index in [0.717, 1.165) is 11.1 Å². The van der Waals surface area contributed by atoms with Crippen LogP contribution in [0.2, 0.25) is 5.02 Å². The summed E-state index contributed by atoms with van der Waals surface area (Å²) >= 11 is 6.10. The number of hydrogen-bond acceptors (Lipinski definition) is 4. The van der Waals surface area contributed by atoms with E-state index in [2.05, 4.69) is 16.0 Å². The van der Waals surface area contributed by atoms with Crippen LogP contribution in [0.1, 0.15) is 41.4 Å². The second-order valence-corrected chi connectivity index (χ2v) is 7.42. The molecule has 0 saturated carbocycles. The number of carbonyl (C=O) groups excluding carboxylic acids is 2. The summed E-state index contributed by atoms with van der Waals surface area (Å²) in [4.78, 5) is 37.3. The minimum absolute atomic E-state index is 0.0873. The molecule has 1 heterocycles. The zero-order valence-electron chi connectivity index (χ0n) is 16.9. The second kappa shape index (κ2) is 9.54. The van der Waals surface area contributed by atoms with Crippen molar-refractivity contribution in [2.45, 2.75) is 39.7 Å². The number of nitrogens with zero attached hydrogens (tertiary/aromatic N) is 2. The molecule has 2 aromatic carbocycles. The summed E-state index contributed by atoms with van der Waals surface area (Å²) in [6, 6.07) is 12.4. The quantitative estimate of drug-likeness (QED) is 0.592. The number of aromatic nitrogens is 2. The molecule has 7 nitrogen and oxygen atoms in total. The van der Waals surface area contributed by atoms with Crippen LogP contribution in [-0.4, -0.2) is 21.6 Å². The smallest absolute Gasteiger partial charge is 0.273 e. The third-order valence-corrected chi connectivity index (χ3v) is 5.12. The van der Waals surface area contributed by atoms with E-state index in [-0.39, 0.29) is 23.6 Å². The predicted octanol–water partition coefficient (Wildman–Crippen LogP) is 3.16. The van der Waals surface area contributed by atoms with Crippen molar-refractivity contribution in [3.05, 3.63) is 74.7 Å². The first-order valence-corrected chi connectivity index (χ1v) is 10.1. The summed E-state index contributed by atoms with van der Waals surface area (Å²) in [5.74, 6) is -0.922. The Morgan fingerprint density at radius 3 is 2.53 bits per heavy atom. The van der Waals surface area contributed by atoms with Crippen molar-refractivity contribution in [2.75, 3.05) is 0 Å². The Balaban J connectivity index is 1.69. The summed E-state index contributed by atoms with van der Waals surface area (Å²) < 4.78 is 1.28. The molecule has 2 amide bonds. The van der Waals surface area contributed by atoms with Gasteiger partial charge in [0.25, 0.3) is 11.5 Å². The molecule has 0 radical (unpaired) electrons. The number of hydrogen-bond donors (Lipinski definition) is 2. The van der Waals surface area contributed by atoms with Gasteiger partial charge in [0, 0.05) is 23.4 Å². The van der Waals surface area contributed by atoms with Crippen LogP contribution in [0.3, 0.4) is 0 Å². The summed E-state index contributed by atoms with van der Waals surface area (Å²) in [5, 5.41) is 5.71. The third-order valence-electron chi connectivity index (χ3n) is 4.71. The van der Waals surface area contributed by atoms with Gasteiger partial charge in [-0.05, 0) is 43.0 Å². The monoisotopic (exact) mass is 426 g/mol. The van der Waals surface area contributed by atoms with Gasteiger partial charge in [0.1, 0.15) is 0 Å². The van der Waals surface area contributed by atoms with Gasteiger partial charge < -0.3 is 0 Å².